The molecule has 0 aromatic heterocycles. The van der Waals surface area contributed by atoms with E-state index in [2.05, 4.69) is 38.2 Å². The summed E-state index contributed by atoms with van der Waals surface area (Å²) < 4.78 is 5.94. The third kappa shape index (κ3) is 45.0. The van der Waals surface area contributed by atoms with Crippen molar-refractivity contribution in [1.29, 1.82) is 0 Å². The highest BCUT2D eigenvalue weighted by Gasteiger charge is 2.24. The number of esters is 1. The van der Waals surface area contributed by atoms with Crippen LogP contribution in [0, 0.1) is 0 Å². The molecular formula is C55H107NO5. The summed E-state index contributed by atoms with van der Waals surface area (Å²) in [6, 6.07) is -0.696. The SMILES string of the molecule is CCCCCCCCCCC/C=C/CCCCCCCC(=O)OC(CCCCCCCCCCCCCC)CC(=O)NC(CO)C(O)CCCCCCCCCCCCCC. The molecule has 0 bridgehead atoms. The lowest BCUT2D eigenvalue weighted by Crippen LogP contribution is -2.46. The van der Waals surface area contributed by atoms with Gasteiger partial charge < -0.3 is 20.3 Å². The number of carbonyl (C=O) groups is 2. The normalized spacial score (nSPS) is 13.2. The van der Waals surface area contributed by atoms with Gasteiger partial charge in [-0.05, 0) is 51.4 Å². The van der Waals surface area contributed by atoms with Crippen molar-refractivity contribution >= 4 is 11.9 Å². The predicted molar refractivity (Wildman–Crippen MR) is 264 cm³/mol. The lowest BCUT2D eigenvalue weighted by molar-refractivity contribution is -0.151. The maximum atomic E-state index is 13.2. The van der Waals surface area contributed by atoms with Gasteiger partial charge in [0.1, 0.15) is 6.10 Å². The molecule has 0 aliphatic heterocycles. The fourth-order valence-electron chi connectivity index (χ4n) is 8.66. The van der Waals surface area contributed by atoms with Crippen molar-refractivity contribution in [3.63, 3.8) is 0 Å². The molecule has 6 heteroatoms. The first-order valence-electron chi connectivity index (χ1n) is 27.4. The summed E-state index contributed by atoms with van der Waals surface area (Å²) >= 11 is 0. The molecule has 0 saturated heterocycles. The second kappa shape index (κ2) is 49.6. The third-order valence-corrected chi connectivity index (χ3v) is 12.8. The number of allylic oxidation sites excluding steroid dienone is 2. The molecule has 3 atom stereocenters. The Balaban J connectivity index is 4.48. The van der Waals surface area contributed by atoms with E-state index in [9.17, 15) is 19.8 Å². The van der Waals surface area contributed by atoms with Gasteiger partial charge in [0.2, 0.25) is 5.91 Å². The van der Waals surface area contributed by atoms with Crippen molar-refractivity contribution in [1.82, 2.24) is 5.32 Å². The molecule has 0 rings (SSSR count). The van der Waals surface area contributed by atoms with Crippen LogP contribution >= 0.6 is 0 Å². The van der Waals surface area contributed by atoms with Gasteiger partial charge in [0, 0.05) is 6.42 Å². The van der Waals surface area contributed by atoms with E-state index >= 15 is 0 Å². The number of nitrogens with one attached hydrogen (secondary N) is 1. The third-order valence-electron chi connectivity index (χ3n) is 12.8. The van der Waals surface area contributed by atoms with Gasteiger partial charge in [0.15, 0.2) is 0 Å². The molecule has 61 heavy (non-hydrogen) atoms. The maximum absolute atomic E-state index is 13.2. The highest BCUT2D eigenvalue weighted by molar-refractivity contribution is 5.77. The van der Waals surface area contributed by atoms with E-state index < -0.39 is 18.2 Å². The van der Waals surface area contributed by atoms with Crippen LogP contribution in [0.5, 0.6) is 0 Å². The molecule has 0 aromatic rings. The minimum atomic E-state index is -0.782. The molecular weight excluding hydrogens is 755 g/mol. The molecule has 362 valence electrons. The van der Waals surface area contributed by atoms with Gasteiger partial charge in [-0.15, -0.1) is 0 Å². The van der Waals surface area contributed by atoms with Crippen LogP contribution < -0.4 is 5.32 Å². The lowest BCUT2D eigenvalue weighted by atomic mass is 10.0. The molecule has 3 unspecified atom stereocenters. The first-order chi connectivity index (χ1) is 30.0. The van der Waals surface area contributed by atoms with Gasteiger partial charge in [-0.1, -0.05) is 251 Å². The Hall–Kier alpha value is -1.40. The zero-order valence-electron chi connectivity index (χ0n) is 41.3. The zero-order valence-corrected chi connectivity index (χ0v) is 41.3. The van der Waals surface area contributed by atoms with Crippen molar-refractivity contribution in [2.45, 2.75) is 322 Å². The molecule has 0 aliphatic carbocycles. The summed E-state index contributed by atoms with van der Waals surface area (Å²) in [5, 5.41) is 23.8. The molecule has 6 nitrogen and oxygen atoms in total. The predicted octanol–water partition coefficient (Wildman–Crippen LogP) is 16.5. The van der Waals surface area contributed by atoms with Gasteiger partial charge in [-0.2, -0.15) is 0 Å². The standard InChI is InChI=1S/C55H107NO5/c1-4-7-10-13-16-19-22-25-26-27-28-29-30-33-36-39-42-45-48-55(60)61-51(46-43-40-37-34-31-23-20-17-14-11-8-5-2)49-54(59)56-52(50-57)53(58)47-44-41-38-35-32-24-21-18-15-12-9-6-3/h28-29,51-53,57-58H,4-27,30-50H2,1-3H3,(H,56,59)/b29-28+. The van der Waals surface area contributed by atoms with E-state index in [1.54, 1.807) is 0 Å². The number of unbranched alkanes of at least 4 members (excludes halogenated alkanes) is 36. The number of ether oxygens (including phenoxy) is 1. The molecule has 0 spiro atoms. The van der Waals surface area contributed by atoms with Crippen LogP contribution in [0.4, 0.5) is 0 Å². The number of hydrogen-bond acceptors (Lipinski definition) is 5. The largest absolute Gasteiger partial charge is 0.462 e. The van der Waals surface area contributed by atoms with Gasteiger partial charge >= 0.3 is 5.97 Å². The van der Waals surface area contributed by atoms with Crippen molar-refractivity contribution in [2.24, 2.45) is 0 Å². The Bertz CT molecular complexity index is 924. The van der Waals surface area contributed by atoms with Crippen LogP contribution in [-0.4, -0.2) is 46.9 Å². The first kappa shape index (κ1) is 59.6. The topological polar surface area (TPSA) is 95.9 Å². The minimum Gasteiger partial charge on any atom is -0.462 e. The summed E-state index contributed by atoms with van der Waals surface area (Å²) in [5.41, 5.74) is 0. The second-order valence-corrected chi connectivity index (χ2v) is 19.0. The highest BCUT2D eigenvalue weighted by atomic mass is 16.5. The van der Waals surface area contributed by atoms with Gasteiger partial charge in [-0.25, -0.2) is 0 Å². The number of hydrogen-bond donors (Lipinski definition) is 3. The van der Waals surface area contributed by atoms with Gasteiger partial charge in [0.05, 0.1) is 25.2 Å². The molecule has 3 N–H and O–H groups in total. The Morgan fingerprint density at radius 3 is 1.16 bits per heavy atom. The van der Waals surface area contributed by atoms with Crippen LogP contribution in [0.2, 0.25) is 0 Å². The molecule has 0 aromatic carbocycles. The summed E-state index contributed by atoms with van der Waals surface area (Å²) in [5.74, 6) is -0.464. The van der Waals surface area contributed by atoms with Crippen LogP contribution in [0.3, 0.4) is 0 Å². The lowest BCUT2D eigenvalue weighted by Gasteiger charge is -2.24. The number of rotatable bonds is 50. The number of aliphatic hydroxyl groups is 2. The summed E-state index contributed by atoms with van der Waals surface area (Å²) in [7, 11) is 0. The smallest absolute Gasteiger partial charge is 0.306 e. The zero-order chi connectivity index (χ0) is 44.5. The van der Waals surface area contributed by atoms with Crippen molar-refractivity contribution in [2.75, 3.05) is 6.61 Å². The molecule has 0 fully saturated rings. The number of aliphatic hydroxyl groups excluding tert-OH is 2. The first-order valence-corrected chi connectivity index (χ1v) is 27.4. The Morgan fingerprint density at radius 2 is 0.787 bits per heavy atom. The molecule has 0 saturated carbocycles. The monoisotopic (exact) mass is 862 g/mol. The fraction of sp³-hybridized carbons (Fsp3) is 0.927. The van der Waals surface area contributed by atoms with Crippen molar-refractivity contribution in [3.05, 3.63) is 12.2 Å². The Morgan fingerprint density at radius 1 is 0.459 bits per heavy atom. The van der Waals surface area contributed by atoms with E-state index in [0.29, 0.717) is 19.3 Å². The van der Waals surface area contributed by atoms with Crippen LogP contribution in [0.1, 0.15) is 303 Å². The minimum absolute atomic E-state index is 0.0816. The Labute approximate surface area is 380 Å². The summed E-state index contributed by atoms with van der Waals surface area (Å²) in [6.45, 7) is 6.51. The molecule has 0 aliphatic rings. The average molecular weight is 862 g/mol. The van der Waals surface area contributed by atoms with Crippen LogP contribution in [-0.2, 0) is 14.3 Å². The van der Waals surface area contributed by atoms with Crippen molar-refractivity contribution in [3.8, 4) is 0 Å². The van der Waals surface area contributed by atoms with E-state index in [1.807, 2.05) is 0 Å². The average Bonchev–Trinajstić information content (AvgIpc) is 3.25. The van der Waals surface area contributed by atoms with E-state index in [0.717, 1.165) is 51.4 Å². The highest BCUT2D eigenvalue weighted by Crippen LogP contribution is 2.19. The van der Waals surface area contributed by atoms with E-state index in [-0.39, 0.29) is 24.9 Å². The van der Waals surface area contributed by atoms with Crippen LogP contribution in [0.25, 0.3) is 0 Å². The van der Waals surface area contributed by atoms with Gasteiger partial charge in [0.25, 0.3) is 0 Å². The van der Waals surface area contributed by atoms with E-state index in [4.69, 9.17) is 4.74 Å². The van der Waals surface area contributed by atoms with E-state index in [1.165, 1.54) is 205 Å². The Kier molecular flexibility index (Phi) is 48.5. The van der Waals surface area contributed by atoms with Crippen LogP contribution in [0.15, 0.2) is 12.2 Å². The van der Waals surface area contributed by atoms with Gasteiger partial charge in [-0.3, -0.25) is 9.59 Å². The molecule has 0 radical (unpaired) electrons. The van der Waals surface area contributed by atoms with Crippen molar-refractivity contribution < 1.29 is 24.5 Å². The molecule has 0 heterocycles. The number of amides is 1. The summed E-state index contributed by atoms with van der Waals surface area (Å²) in [4.78, 5) is 26.2. The number of carbonyl (C=O) groups excluding carboxylic acids is 2. The fourth-order valence-corrected chi connectivity index (χ4v) is 8.66. The quantitative estimate of drug-likeness (QED) is 0.0322. The molecule has 1 amide bonds. The second-order valence-electron chi connectivity index (χ2n) is 19.0. The summed E-state index contributed by atoms with van der Waals surface area (Å²) in [6.07, 6.45) is 55.6. The maximum Gasteiger partial charge on any atom is 0.306 e.